The molecule has 1 rings (SSSR count). The van der Waals surface area contributed by atoms with E-state index in [1.807, 2.05) is 0 Å². The first-order valence-corrected chi connectivity index (χ1v) is 7.62. The van der Waals surface area contributed by atoms with Gasteiger partial charge in [-0.25, -0.2) is 17.5 Å². The molecule has 0 saturated heterocycles. The predicted octanol–water partition coefficient (Wildman–Crippen LogP) is 0.555. The zero-order valence-electron chi connectivity index (χ0n) is 11.4. The van der Waals surface area contributed by atoms with Crippen molar-refractivity contribution in [1.29, 1.82) is 0 Å². The highest BCUT2D eigenvalue weighted by atomic mass is 32.2. The summed E-state index contributed by atoms with van der Waals surface area (Å²) in [6.07, 6.45) is 0. The fourth-order valence-corrected chi connectivity index (χ4v) is 2.59. The third-order valence-electron chi connectivity index (χ3n) is 2.81. The van der Waals surface area contributed by atoms with Gasteiger partial charge in [-0.1, -0.05) is 0 Å². The smallest absolute Gasteiger partial charge is 0.241 e. The molecule has 0 bridgehead atoms. The number of nitrogens with two attached hydrogens (primary N) is 1. The van der Waals surface area contributed by atoms with Crippen molar-refractivity contribution in [2.24, 2.45) is 0 Å². The lowest BCUT2D eigenvalue weighted by molar-refractivity contribution is -0.129. The van der Waals surface area contributed by atoms with Crippen LogP contribution in [0, 0.1) is 5.82 Å². The van der Waals surface area contributed by atoms with E-state index < -0.39 is 15.8 Å². The first-order valence-electron chi connectivity index (χ1n) is 6.14. The Kier molecular flexibility index (Phi) is 5.46. The van der Waals surface area contributed by atoms with E-state index in [0.717, 1.165) is 12.1 Å². The highest BCUT2D eigenvalue weighted by Crippen LogP contribution is 2.15. The van der Waals surface area contributed by atoms with Crippen molar-refractivity contribution in [1.82, 2.24) is 9.62 Å². The molecular weight excluding hydrogens is 285 g/mol. The highest BCUT2D eigenvalue weighted by molar-refractivity contribution is 7.89. The second-order valence-electron chi connectivity index (χ2n) is 4.07. The summed E-state index contributed by atoms with van der Waals surface area (Å²) in [5, 5.41) is 0. The lowest BCUT2D eigenvalue weighted by Gasteiger charge is -2.18. The van der Waals surface area contributed by atoms with Gasteiger partial charge in [0.25, 0.3) is 0 Å². The Morgan fingerprint density at radius 3 is 2.45 bits per heavy atom. The Morgan fingerprint density at radius 2 is 1.95 bits per heavy atom. The molecule has 1 aromatic carbocycles. The SMILES string of the molecule is CCN(CC)C(=O)CNS(=O)(=O)c1ccc(N)c(F)c1. The number of hydrogen-bond acceptors (Lipinski definition) is 4. The number of hydrogen-bond donors (Lipinski definition) is 2. The van der Waals surface area contributed by atoms with Gasteiger partial charge in [0, 0.05) is 13.1 Å². The van der Waals surface area contributed by atoms with Crippen LogP contribution in [0.3, 0.4) is 0 Å². The Balaban J connectivity index is 2.80. The highest BCUT2D eigenvalue weighted by Gasteiger charge is 2.18. The van der Waals surface area contributed by atoms with Crippen LogP contribution in [0.1, 0.15) is 13.8 Å². The quantitative estimate of drug-likeness (QED) is 0.751. The molecule has 1 aromatic rings. The van der Waals surface area contributed by atoms with E-state index in [1.165, 1.54) is 11.0 Å². The zero-order valence-corrected chi connectivity index (χ0v) is 12.2. The maximum atomic E-state index is 13.3. The maximum Gasteiger partial charge on any atom is 0.241 e. The Morgan fingerprint density at radius 1 is 1.35 bits per heavy atom. The number of sulfonamides is 1. The van der Waals surface area contributed by atoms with Gasteiger partial charge in [-0.15, -0.1) is 0 Å². The zero-order chi connectivity index (χ0) is 15.3. The third kappa shape index (κ3) is 3.91. The normalized spacial score (nSPS) is 11.3. The van der Waals surface area contributed by atoms with Gasteiger partial charge in [0.05, 0.1) is 17.1 Å². The van der Waals surface area contributed by atoms with Crippen LogP contribution >= 0.6 is 0 Å². The number of benzene rings is 1. The van der Waals surface area contributed by atoms with Crippen molar-refractivity contribution in [3.05, 3.63) is 24.0 Å². The summed E-state index contributed by atoms with van der Waals surface area (Å²) in [5.41, 5.74) is 5.14. The van der Waals surface area contributed by atoms with E-state index in [4.69, 9.17) is 5.73 Å². The van der Waals surface area contributed by atoms with Crippen molar-refractivity contribution < 1.29 is 17.6 Å². The van der Waals surface area contributed by atoms with E-state index in [0.29, 0.717) is 13.1 Å². The Hall–Kier alpha value is -1.67. The average molecular weight is 303 g/mol. The predicted molar refractivity (Wildman–Crippen MR) is 73.9 cm³/mol. The number of likely N-dealkylation sites (N-methyl/N-ethyl adjacent to an activating group) is 1. The van der Waals surface area contributed by atoms with E-state index in [2.05, 4.69) is 4.72 Å². The topological polar surface area (TPSA) is 92.5 Å². The molecule has 0 fully saturated rings. The molecule has 0 unspecified atom stereocenters. The first-order chi connectivity index (χ1) is 9.31. The summed E-state index contributed by atoms with van der Waals surface area (Å²) >= 11 is 0. The van der Waals surface area contributed by atoms with Crippen LogP contribution in [0.25, 0.3) is 0 Å². The monoisotopic (exact) mass is 303 g/mol. The van der Waals surface area contributed by atoms with Gasteiger partial charge in [-0.2, -0.15) is 0 Å². The van der Waals surface area contributed by atoms with Crippen molar-refractivity contribution in [3.8, 4) is 0 Å². The summed E-state index contributed by atoms with van der Waals surface area (Å²) < 4.78 is 39.2. The summed E-state index contributed by atoms with van der Waals surface area (Å²) in [6, 6.07) is 3.16. The summed E-state index contributed by atoms with van der Waals surface area (Å²) in [4.78, 5) is 12.9. The van der Waals surface area contributed by atoms with Gasteiger partial charge in [0.1, 0.15) is 5.82 Å². The molecule has 0 aliphatic heterocycles. The van der Waals surface area contributed by atoms with Crippen LogP contribution < -0.4 is 10.5 Å². The Bertz CT molecular complexity index is 586. The van der Waals surface area contributed by atoms with Crippen molar-refractivity contribution in [2.75, 3.05) is 25.4 Å². The van der Waals surface area contributed by atoms with Gasteiger partial charge < -0.3 is 10.6 Å². The van der Waals surface area contributed by atoms with Crippen LogP contribution in [0.4, 0.5) is 10.1 Å². The molecule has 8 heteroatoms. The first kappa shape index (κ1) is 16.4. The van der Waals surface area contributed by atoms with Crippen molar-refractivity contribution >= 4 is 21.6 Å². The molecule has 0 aliphatic carbocycles. The van der Waals surface area contributed by atoms with Gasteiger partial charge in [-0.3, -0.25) is 4.79 Å². The molecule has 0 aromatic heterocycles. The minimum absolute atomic E-state index is 0.136. The van der Waals surface area contributed by atoms with Crippen LogP contribution in [0.5, 0.6) is 0 Å². The molecular formula is C12H18FN3O3S. The fraction of sp³-hybridized carbons (Fsp3) is 0.417. The minimum atomic E-state index is -3.94. The lowest BCUT2D eigenvalue weighted by atomic mass is 10.3. The number of rotatable bonds is 6. The van der Waals surface area contributed by atoms with Crippen LogP contribution in [0.2, 0.25) is 0 Å². The molecule has 0 radical (unpaired) electrons. The molecule has 20 heavy (non-hydrogen) atoms. The number of halogens is 1. The number of nitrogens with one attached hydrogen (secondary N) is 1. The van der Waals surface area contributed by atoms with Crippen molar-refractivity contribution in [2.45, 2.75) is 18.7 Å². The van der Waals surface area contributed by atoms with Gasteiger partial charge in [0.15, 0.2) is 0 Å². The largest absolute Gasteiger partial charge is 0.396 e. The molecule has 112 valence electrons. The molecule has 0 spiro atoms. The second kappa shape index (κ2) is 6.67. The molecule has 3 N–H and O–H groups in total. The van der Waals surface area contributed by atoms with E-state index in [-0.39, 0.29) is 23.0 Å². The van der Waals surface area contributed by atoms with Gasteiger partial charge in [-0.05, 0) is 32.0 Å². The molecule has 0 saturated carbocycles. The van der Waals surface area contributed by atoms with Crippen LogP contribution in [-0.4, -0.2) is 38.9 Å². The summed E-state index contributed by atoms with van der Waals surface area (Å²) in [5.74, 6) is -1.16. The Labute approximate surface area is 117 Å². The standard InChI is InChI=1S/C12H18FN3O3S/c1-3-16(4-2)12(17)8-15-20(18,19)9-5-6-11(14)10(13)7-9/h5-7,15H,3-4,8,14H2,1-2H3. The number of nitrogen functional groups attached to an aromatic ring is 1. The minimum Gasteiger partial charge on any atom is -0.396 e. The number of nitrogens with zero attached hydrogens (tertiary/aromatic N) is 1. The number of anilines is 1. The lowest BCUT2D eigenvalue weighted by Crippen LogP contribution is -2.39. The molecule has 0 heterocycles. The van der Waals surface area contributed by atoms with Crippen LogP contribution in [0.15, 0.2) is 23.1 Å². The molecule has 1 amide bonds. The molecule has 0 atom stereocenters. The summed E-state index contributed by atoms with van der Waals surface area (Å²) in [7, 11) is -3.94. The third-order valence-corrected chi connectivity index (χ3v) is 4.21. The van der Waals surface area contributed by atoms with Gasteiger partial charge >= 0.3 is 0 Å². The summed E-state index contributed by atoms with van der Waals surface area (Å²) in [6.45, 7) is 4.22. The number of carbonyl (C=O) groups is 1. The number of amides is 1. The number of carbonyl (C=O) groups excluding carboxylic acids is 1. The van der Waals surface area contributed by atoms with E-state index in [1.54, 1.807) is 13.8 Å². The molecule has 0 aliphatic rings. The van der Waals surface area contributed by atoms with E-state index >= 15 is 0 Å². The fourth-order valence-electron chi connectivity index (χ4n) is 1.60. The van der Waals surface area contributed by atoms with Crippen LogP contribution in [-0.2, 0) is 14.8 Å². The second-order valence-corrected chi connectivity index (χ2v) is 5.84. The van der Waals surface area contributed by atoms with Gasteiger partial charge in [0.2, 0.25) is 15.9 Å². The average Bonchev–Trinajstić information content (AvgIpc) is 2.41. The molecule has 6 nitrogen and oxygen atoms in total. The maximum absolute atomic E-state index is 13.3. The van der Waals surface area contributed by atoms with E-state index in [9.17, 15) is 17.6 Å². The van der Waals surface area contributed by atoms with Crippen molar-refractivity contribution in [3.63, 3.8) is 0 Å².